The second-order valence-corrected chi connectivity index (χ2v) is 1.43. The van der Waals surface area contributed by atoms with E-state index >= 15 is 0 Å². The van der Waals surface area contributed by atoms with Crippen molar-refractivity contribution in [3.8, 4) is 0 Å². The zero-order valence-electron chi connectivity index (χ0n) is 5.46. The summed E-state index contributed by atoms with van der Waals surface area (Å²) in [6, 6.07) is 0. The van der Waals surface area contributed by atoms with E-state index in [2.05, 4.69) is 4.52 Å². The molecule has 0 bridgehead atoms. The molecule has 0 amide bonds. The van der Waals surface area contributed by atoms with E-state index in [4.69, 9.17) is 9.79 Å². The molecule has 0 unspecified atom stereocenters. The molecule has 0 heterocycles. The third-order valence-electron chi connectivity index (χ3n) is 0.245. The summed E-state index contributed by atoms with van der Waals surface area (Å²) in [5.41, 5.74) is 0. The van der Waals surface area contributed by atoms with E-state index in [-0.39, 0.29) is 52.8 Å². The molecular weight excluding hydrogens is 142 g/mol. The molecule has 0 aromatic rings. The fourth-order valence-corrected chi connectivity index (χ4v) is 0.346. The Balaban J connectivity index is -0.000000125. The van der Waals surface area contributed by atoms with Crippen molar-refractivity contribution in [2.45, 2.75) is 6.92 Å². The van der Waals surface area contributed by atoms with Gasteiger partial charge >= 0.3 is 60.0 Å². The van der Waals surface area contributed by atoms with Gasteiger partial charge in [0, 0.05) is 0 Å². The molecule has 3 nitrogen and oxygen atoms in total. The molecule has 0 rings (SSSR count). The number of hydrogen-bond donors (Lipinski definition) is 2. The monoisotopic (exact) mass is 150 g/mol. The predicted octanol–water partition coefficient (Wildman–Crippen LogP) is -2.65. The van der Waals surface area contributed by atoms with Crippen molar-refractivity contribution < 1.29 is 67.1 Å². The molecule has 0 radical (unpaired) electrons. The molecule has 0 saturated carbocycles. The van der Waals surface area contributed by atoms with Gasteiger partial charge in [-0.05, 0) is 6.92 Å². The maximum absolute atomic E-state index is 7.95. The minimum absolute atomic E-state index is 0. The van der Waals surface area contributed by atoms with Gasteiger partial charge < -0.3 is 15.7 Å². The van der Waals surface area contributed by atoms with Crippen LogP contribution in [0.5, 0.6) is 0 Å². The first kappa shape index (κ1) is 11.7. The fraction of sp³-hybridized carbons (Fsp3) is 1.00. The minimum atomic E-state index is -2.10. The summed E-state index contributed by atoms with van der Waals surface area (Å²) in [4.78, 5) is 15.9. The van der Waals surface area contributed by atoms with Crippen LogP contribution in [0.1, 0.15) is 8.35 Å². The van der Waals surface area contributed by atoms with Crippen LogP contribution in [0.25, 0.3) is 0 Å². The van der Waals surface area contributed by atoms with Crippen LogP contribution in [0.3, 0.4) is 0 Å². The van der Waals surface area contributed by atoms with Gasteiger partial charge in [0.2, 0.25) is 0 Å². The van der Waals surface area contributed by atoms with E-state index in [1.165, 1.54) is 0 Å². The van der Waals surface area contributed by atoms with Crippen molar-refractivity contribution in [1.29, 1.82) is 0 Å². The summed E-state index contributed by atoms with van der Waals surface area (Å²) in [5, 5.41) is 0. The molecular formula is C2H8KO3P. The second kappa shape index (κ2) is 7.95. The average Bonchev–Trinajstić information content (AvgIpc) is 1.35. The summed E-state index contributed by atoms with van der Waals surface area (Å²) in [5.74, 6) is 0. The molecule has 0 aromatic carbocycles. The Morgan fingerprint density at radius 1 is 1.71 bits per heavy atom. The summed E-state index contributed by atoms with van der Waals surface area (Å²) < 4.78 is 4.22. The molecule has 0 aromatic heterocycles. The summed E-state index contributed by atoms with van der Waals surface area (Å²) in [7, 11) is -2.10. The van der Waals surface area contributed by atoms with Crippen molar-refractivity contribution in [2.75, 3.05) is 6.61 Å². The SMILES string of the molecule is CCOP(O)O.[H-].[K+]. The van der Waals surface area contributed by atoms with Gasteiger partial charge in [0.15, 0.2) is 0 Å². The van der Waals surface area contributed by atoms with Gasteiger partial charge in [-0.15, -0.1) is 0 Å². The number of hydrogen-bond acceptors (Lipinski definition) is 3. The Morgan fingerprint density at radius 2 is 2.14 bits per heavy atom. The van der Waals surface area contributed by atoms with E-state index in [9.17, 15) is 0 Å². The molecule has 7 heavy (non-hydrogen) atoms. The number of rotatable bonds is 2. The molecule has 0 atom stereocenters. The summed E-state index contributed by atoms with van der Waals surface area (Å²) >= 11 is 0. The Labute approximate surface area is 88.0 Å². The van der Waals surface area contributed by atoms with E-state index < -0.39 is 8.60 Å². The van der Waals surface area contributed by atoms with Crippen molar-refractivity contribution in [3.05, 3.63) is 0 Å². The third kappa shape index (κ3) is 11.5. The first-order valence-corrected chi connectivity index (χ1v) is 2.74. The van der Waals surface area contributed by atoms with E-state index in [1.807, 2.05) is 0 Å². The van der Waals surface area contributed by atoms with Gasteiger partial charge in [-0.1, -0.05) is 0 Å². The third-order valence-corrected chi connectivity index (χ3v) is 0.734. The Hall–Kier alpha value is 1.95. The first-order chi connectivity index (χ1) is 2.77. The van der Waals surface area contributed by atoms with Crippen molar-refractivity contribution in [2.24, 2.45) is 0 Å². The zero-order valence-corrected chi connectivity index (χ0v) is 8.47. The molecule has 40 valence electrons. The Morgan fingerprint density at radius 3 is 2.14 bits per heavy atom. The van der Waals surface area contributed by atoms with Gasteiger partial charge in [-0.2, -0.15) is 0 Å². The van der Waals surface area contributed by atoms with E-state index in [1.54, 1.807) is 6.92 Å². The van der Waals surface area contributed by atoms with Crippen LogP contribution in [-0.2, 0) is 4.52 Å². The maximum atomic E-state index is 7.95. The van der Waals surface area contributed by atoms with Crippen LogP contribution < -0.4 is 51.4 Å². The van der Waals surface area contributed by atoms with Gasteiger partial charge in [0.25, 0.3) is 0 Å². The Kier molecular flexibility index (Phi) is 13.3. The molecule has 0 spiro atoms. The van der Waals surface area contributed by atoms with Crippen LogP contribution in [0.15, 0.2) is 0 Å². The molecule has 0 fully saturated rings. The van der Waals surface area contributed by atoms with Gasteiger partial charge in [0.05, 0.1) is 6.61 Å². The maximum Gasteiger partial charge on any atom is 1.00 e. The molecule has 2 N–H and O–H groups in total. The van der Waals surface area contributed by atoms with Crippen molar-refractivity contribution in [3.63, 3.8) is 0 Å². The van der Waals surface area contributed by atoms with Crippen LogP contribution >= 0.6 is 8.60 Å². The normalized spacial score (nSPS) is 8.57. The van der Waals surface area contributed by atoms with Crippen LogP contribution in [0.2, 0.25) is 0 Å². The van der Waals surface area contributed by atoms with E-state index in [0.717, 1.165) is 0 Å². The largest absolute Gasteiger partial charge is 1.00 e. The van der Waals surface area contributed by atoms with E-state index in [0.29, 0.717) is 6.61 Å². The molecule has 0 aliphatic rings. The minimum Gasteiger partial charge on any atom is -1.00 e. The predicted molar refractivity (Wildman–Crippen MR) is 24.1 cm³/mol. The molecule has 5 heteroatoms. The Bertz CT molecular complexity index is 38.5. The first-order valence-electron chi connectivity index (χ1n) is 1.58. The van der Waals surface area contributed by atoms with Crippen LogP contribution in [0.4, 0.5) is 0 Å². The van der Waals surface area contributed by atoms with Crippen molar-refractivity contribution >= 4 is 8.60 Å². The molecule has 0 saturated heterocycles. The van der Waals surface area contributed by atoms with Crippen LogP contribution in [-0.4, -0.2) is 16.4 Å². The quantitative estimate of drug-likeness (QED) is 0.334. The smallest absolute Gasteiger partial charge is 1.00 e. The second-order valence-electron chi connectivity index (χ2n) is 0.671. The van der Waals surface area contributed by atoms with Crippen molar-refractivity contribution in [1.82, 2.24) is 0 Å². The van der Waals surface area contributed by atoms with Crippen LogP contribution in [0, 0.1) is 0 Å². The summed E-state index contributed by atoms with van der Waals surface area (Å²) in [6.45, 7) is 2.06. The topological polar surface area (TPSA) is 49.7 Å². The molecule has 0 aliphatic carbocycles. The summed E-state index contributed by atoms with van der Waals surface area (Å²) in [6.07, 6.45) is 0. The fourth-order valence-electron chi connectivity index (χ4n) is 0.115. The van der Waals surface area contributed by atoms with Gasteiger partial charge in [-0.3, -0.25) is 0 Å². The average molecular weight is 150 g/mol. The van der Waals surface area contributed by atoms with Gasteiger partial charge in [-0.25, -0.2) is 0 Å². The zero-order chi connectivity index (χ0) is 4.99. The standard InChI is InChI=1S/C2H7O3P.K.H/c1-2-5-6(3)4;;/h3-4H,2H2,1H3;;/q;+1;-1. The molecule has 0 aliphatic heterocycles. The van der Waals surface area contributed by atoms with Gasteiger partial charge in [0.1, 0.15) is 0 Å².